The number of esters is 1. The van der Waals surface area contributed by atoms with Gasteiger partial charge in [0.25, 0.3) is 0 Å². The second-order valence-corrected chi connectivity index (χ2v) is 5.11. The van der Waals surface area contributed by atoms with Crippen LogP contribution in [0.15, 0.2) is 0 Å². The molecule has 21 heavy (non-hydrogen) atoms. The molecule has 1 aromatic heterocycles. The highest BCUT2D eigenvalue weighted by molar-refractivity contribution is 5.85. The van der Waals surface area contributed by atoms with Crippen molar-refractivity contribution in [3.63, 3.8) is 0 Å². The van der Waals surface area contributed by atoms with E-state index in [9.17, 15) is 4.79 Å². The van der Waals surface area contributed by atoms with Crippen molar-refractivity contribution in [3.05, 3.63) is 17.0 Å². The zero-order valence-electron chi connectivity index (χ0n) is 13.5. The Balaban J connectivity index is 0.00000400. The molecule has 0 aromatic carbocycles. The van der Waals surface area contributed by atoms with E-state index in [0.29, 0.717) is 19.2 Å². The van der Waals surface area contributed by atoms with Gasteiger partial charge in [-0.3, -0.25) is 14.4 Å². The number of nitrogens with zero attached hydrogens (tertiary/aromatic N) is 3. The fraction of sp³-hybridized carbons (Fsp3) is 0.714. The Morgan fingerprint density at radius 3 is 2.62 bits per heavy atom. The van der Waals surface area contributed by atoms with Gasteiger partial charge < -0.3 is 10.5 Å². The molecule has 0 aliphatic heterocycles. The lowest BCUT2D eigenvalue weighted by molar-refractivity contribution is -0.144. The van der Waals surface area contributed by atoms with Gasteiger partial charge in [-0.05, 0) is 34.7 Å². The van der Waals surface area contributed by atoms with Crippen LogP contribution in [0.5, 0.6) is 0 Å². The number of carbonyl (C=O) groups excluding carboxylic acids is 1. The van der Waals surface area contributed by atoms with Crippen molar-refractivity contribution in [3.8, 4) is 0 Å². The number of carbonyl (C=O) groups is 1. The quantitative estimate of drug-likeness (QED) is 0.766. The number of halogens is 1. The monoisotopic (exact) mass is 318 g/mol. The van der Waals surface area contributed by atoms with Crippen molar-refractivity contribution in [2.45, 2.75) is 46.8 Å². The third kappa shape index (κ3) is 5.30. The number of hydrogen-bond donors (Lipinski definition) is 1. The predicted octanol–water partition coefficient (Wildman–Crippen LogP) is 1.26. The minimum absolute atomic E-state index is 0. The number of ether oxygens (including phenoxy) is 1. The number of nitrogens with two attached hydrogens (primary N) is 1. The Labute approximate surface area is 133 Å². The fourth-order valence-electron chi connectivity index (χ4n) is 2.03. The Hall–Kier alpha value is -1.11. The van der Waals surface area contributed by atoms with Gasteiger partial charge in [-0.15, -0.1) is 12.4 Å². The van der Waals surface area contributed by atoms with E-state index in [1.165, 1.54) is 0 Å². The molecule has 0 fully saturated rings. The van der Waals surface area contributed by atoms with Crippen molar-refractivity contribution >= 4 is 18.4 Å². The van der Waals surface area contributed by atoms with E-state index in [1.807, 2.05) is 20.9 Å². The van der Waals surface area contributed by atoms with Crippen LogP contribution in [0.1, 0.15) is 30.8 Å². The second kappa shape index (κ2) is 9.02. The number of hydrogen-bond acceptors (Lipinski definition) is 5. The van der Waals surface area contributed by atoms with Crippen LogP contribution in [0.4, 0.5) is 0 Å². The third-order valence-corrected chi connectivity index (χ3v) is 3.62. The summed E-state index contributed by atoms with van der Waals surface area (Å²) in [5.74, 6) is -0.256. The lowest BCUT2D eigenvalue weighted by Gasteiger charge is -2.23. The normalized spacial score (nSPS) is 12.1. The molecule has 0 aliphatic rings. The summed E-state index contributed by atoms with van der Waals surface area (Å²) >= 11 is 0. The predicted molar refractivity (Wildman–Crippen MR) is 85.6 cm³/mol. The molecule has 0 radical (unpaired) electrons. The van der Waals surface area contributed by atoms with Gasteiger partial charge in [-0.1, -0.05) is 0 Å². The molecule has 1 aromatic rings. The molecule has 0 spiro atoms. The zero-order valence-corrected chi connectivity index (χ0v) is 14.4. The van der Waals surface area contributed by atoms with Gasteiger partial charge >= 0.3 is 5.97 Å². The summed E-state index contributed by atoms with van der Waals surface area (Å²) in [4.78, 5) is 13.7. The molecule has 0 amide bonds. The first-order valence-corrected chi connectivity index (χ1v) is 6.99. The topological polar surface area (TPSA) is 73.4 Å². The summed E-state index contributed by atoms with van der Waals surface area (Å²) in [5, 5.41) is 4.43. The molecular weight excluding hydrogens is 292 g/mol. The Kier molecular flexibility index (Phi) is 8.54. The lowest BCUT2D eigenvalue weighted by atomic mass is 10.1. The first kappa shape index (κ1) is 19.9. The summed E-state index contributed by atoms with van der Waals surface area (Å²) in [6.45, 7) is 9.78. The van der Waals surface area contributed by atoms with E-state index in [4.69, 9.17) is 10.5 Å². The molecule has 122 valence electrons. The summed E-state index contributed by atoms with van der Waals surface area (Å²) in [7, 11) is 2.04. The van der Waals surface area contributed by atoms with E-state index < -0.39 is 0 Å². The smallest absolute Gasteiger partial charge is 0.327 e. The average molecular weight is 319 g/mol. The lowest BCUT2D eigenvalue weighted by Crippen LogP contribution is -2.35. The Morgan fingerprint density at radius 1 is 1.48 bits per heavy atom. The molecule has 7 heteroatoms. The third-order valence-electron chi connectivity index (χ3n) is 3.62. The van der Waals surface area contributed by atoms with Gasteiger partial charge in [-0.25, -0.2) is 0 Å². The Morgan fingerprint density at radius 2 is 2.10 bits per heavy atom. The zero-order chi connectivity index (χ0) is 15.3. The number of rotatable bonds is 7. The van der Waals surface area contributed by atoms with Crippen LogP contribution < -0.4 is 5.73 Å². The van der Waals surface area contributed by atoms with Crippen LogP contribution >= 0.6 is 12.4 Å². The minimum atomic E-state index is -0.256. The molecule has 2 N–H and O–H groups in total. The highest BCUT2D eigenvalue weighted by Gasteiger charge is 2.17. The van der Waals surface area contributed by atoms with Gasteiger partial charge in [0.2, 0.25) is 0 Å². The number of aryl methyl sites for hydroxylation is 1. The number of likely N-dealkylation sites (N-methyl/N-ethyl adjacent to an activating group) is 1. The molecule has 0 saturated carbocycles. The maximum Gasteiger partial charge on any atom is 0.327 e. The van der Waals surface area contributed by atoms with Crippen molar-refractivity contribution in [2.24, 2.45) is 5.73 Å². The summed E-state index contributed by atoms with van der Waals surface area (Å²) in [6, 6.07) is 0.308. The van der Waals surface area contributed by atoms with E-state index in [1.54, 1.807) is 11.6 Å². The fourth-order valence-corrected chi connectivity index (χ4v) is 2.03. The van der Waals surface area contributed by atoms with Gasteiger partial charge in [0, 0.05) is 30.4 Å². The van der Waals surface area contributed by atoms with Gasteiger partial charge in [0.1, 0.15) is 6.54 Å². The van der Waals surface area contributed by atoms with Crippen LogP contribution in [0.3, 0.4) is 0 Å². The van der Waals surface area contributed by atoms with Crippen LogP contribution in [0.25, 0.3) is 0 Å². The van der Waals surface area contributed by atoms with E-state index in [2.05, 4.69) is 16.9 Å². The van der Waals surface area contributed by atoms with Crippen molar-refractivity contribution < 1.29 is 9.53 Å². The van der Waals surface area contributed by atoms with Gasteiger partial charge in [0.05, 0.1) is 12.3 Å². The van der Waals surface area contributed by atoms with E-state index >= 15 is 0 Å². The first-order valence-electron chi connectivity index (χ1n) is 6.99. The summed E-state index contributed by atoms with van der Waals surface area (Å²) in [5.41, 5.74) is 8.79. The van der Waals surface area contributed by atoms with Crippen LogP contribution in [-0.2, 0) is 22.6 Å². The van der Waals surface area contributed by atoms with Crippen molar-refractivity contribution in [1.82, 2.24) is 14.7 Å². The minimum Gasteiger partial charge on any atom is -0.465 e. The highest BCUT2D eigenvalue weighted by Crippen LogP contribution is 2.16. The maximum absolute atomic E-state index is 11.6. The summed E-state index contributed by atoms with van der Waals surface area (Å²) < 4.78 is 6.67. The molecule has 0 saturated heterocycles. The molecule has 0 aliphatic carbocycles. The standard InChI is InChI=1S/C14H26N4O2.ClH/c1-6-20-14(19)9-18-12(4)13(11(3)16-18)8-17(5)10(2)7-15;/h10H,6-9,15H2,1-5H3;1H. The maximum atomic E-state index is 11.6. The largest absolute Gasteiger partial charge is 0.465 e. The van der Waals surface area contributed by atoms with Gasteiger partial charge in [0.15, 0.2) is 0 Å². The van der Waals surface area contributed by atoms with E-state index in [0.717, 1.165) is 23.5 Å². The SMILES string of the molecule is CCOC(=O)Cn1nc(C)c(CN(C)C(C)CN)c1C.Cl. The van der Waals surface area contributed by atoms with Crippen LogP contribution in [0.2, 0.25) is 0 Å². The molecule has 1 unspecified atom stereocenters. The molecule has 6 nitrogen and oxygen atoms in total. The average Bonchev–Trinajstić information content (AvgIpc) is 2.65. The Bertz CT molecular complexity index is 462. The molecular formula is C14H27ClN4O2. The van der Waals surface area contributed by atoms with E-state index in [-0.39, 0.29) is 24.9 Å². The van der Waals surface area contributed by atoms with Crippen LogP contribution in [0, 0.1) is 13.8 Å². The van der Waals surface area contributed by atoms with Gasteiger partial charge in [-0.2, -0.15) is 5.10 Å². The molecule has 1 atom stereocenters. The molecule has 1 rings (SSSR count). The summed E-state index contributed by atoms with van der Waals surface area (Å²) in [6.07, 6.45) is 0. The van der Waals surface area contributed by atoms with Crippen LogP contribution in [-0.4, -0.2) is 46.9 Å². The molecule has 0 bridgehead atoms. The van der Waals surface area contributed by atoms with Crippen molar-refractivity contribution in [1.29, 1.82) is 0 Å². The first-order chi connectivity index (χ1) is 9.40. The van der Waals surface area contributed by atoms with Crippen molar-refractivity contribution in [2.75, 3.05) is 20.2 Å². The number of aromatic nitrogens is 2. The highest BCUT2D eigenvalue weighted by atomic mass is 35.5. The molecule has 1 heterocycles. The second-order valence-electron chi connectivity index (χ2n) is 5.11.